The van der Waals surface area contributed by atoms with Gasteiger partial charge >= 0.3 is 0 Å². The second kappa shape index (κ2) is 8.54. The van der Waals surface area contributed by atoms with Gasteiger partial charge < -0.3 is 5.32 Å². The van der Waals surface area contributed by atoms with Crippen LogP contribution in [0, 0.1) is 5.41 Å². The summed E-state index contributed by atoms with van der Waals surface area (Å²) in [4.78, 5) is 0. The second-order valence-electron chi connectivity index (χ2n) is 5.68. The Kier molecular flexibility index (Phi) is 8.28. The third-order valence-electron chi connectivity index (χ3n) is 2.70. The number of halogens is 1. The Bertz CT molecular complexity index is 277. The fourth-order valence-corrected chi connectivity index (χ4v) is 1.73. The lowest BCUT2D eigenvalue weighted by atomic mass is 9.90. The quantitative estimate of drug-likeness (QED) is 0.743. The summed E-state index contributed by atoms with van der Waals surface area (Å²) >= 11 is 0. The molecule has 2 heteroatoms. The van der Waals surface area contributed by atoms with Crippen molar-refractivity contribution >= 4 is 12.4 Å². The molecule has 0 saturated carbocycles. The van der Waals surface area contributed by atoms with Crippen molar-refractivity contribution in [1.82, 2.24) is 5.32 Å². The maximum absolute atomic E-state index is 3.49. The van der Waals surface area contributed by atoms with Crippen LogP contribution in [0.3, 0.4) is 0 Å². The first-order valence-corrected chi connectivity index (χ1v) is 6.32. The summed E-state index contributed by atoms with van der Waals surface area (Å²) in [5.41, 5.74) is 1.86. The Hall–Kier alpha value is -0.530. The molecule has 0 aliphatic heterocycles. The SMILES string of the molecule is CC(C)(C)CCCCNCc1ccccc1.Cl. The lowest BCUT2D eigenvalue weighted by Gasteiger charge is -2.17. The normalized spacial score (nSPS) is 11.0. The van der Waals surface area contributed by atoms with Crippen molar-refractivity contribution in [3.8, 4) is 0 Å². The van der Waals surface area contributed by atoms with Crippen LogP contribution in [-0.4, -0.2) is 6.54 Å². The van der Waals surface area contributed by atoms with Crippen LogP contribution < -0.4 is 5.32 Å². The number of hydrogen-bond donors (Lipinski definition) is 1. The van der Waals surface area contributed by atoms with Crippen LogP contribution in [0.2, 0.25) is 0 Å². The molecule has 1 rings (SSSR count). The van der Waals surface area contributed by atoms with Crippen molar-refractivity contribution in [2.24, 2.45) is 5.41 Å². The summed E-state index contributed by atoms with van der Waals surface area (Å²) < 4.78 is 0. The lowest BCUT2D eigenvalue weighted by molar-refractivity contribution is 0.358. The Morgan fingerprint density at radius 3 is 2.24 bits per heavy atom. The molecule has 0 fully saturated rings. The third-order valence-corrected chi connectivity index (χ3v) is 2.70. The van der Waals surface area contributed by atoms with Gasteiger partial charge in [0.15, 0.2) is 0 Å². The van der Waals surface area contributed by atoms with E-state index in [1.54, 1.807) is 0 Å². The molecule has 0 aromatic heterocycles. The van der Waals surface area contributed by atoms with Gasteiger partial charge in [0, 0.05) is 6.54 Å². The van der Waals surface area contributed by atoms with E-state index < -0.39 is 0 Å². The van der Waals surface area contributed by atoms with Gasteiger partial charge in [0.05, 0.1) is 0 Å². The van der Waals surface area contributed by atoms with Crippen molar-refractivity contribution < 1.29 is 0 Å². The number of benzene rings is 1. The van der Waals surface area contributed by atoms with Crippen LogP contribution >= 0.6 is 12.4 Å². The average molecular weight is 256 g/mol. The van der Waals surface area contributed by atoms with Gasteiger partial charge in [0.25, 0.3) is 0 Å². The molecule has 0 saturated heterocycles. The molecule has 98 valence electrons. The Morgan fingerprint density at radius 2 is 1.65 bits per heavy atom. The van der Waals surface area contributed by atoms with Gasteiger partial charge in [0.2, 0.25) is 0 Å². The molecule has 0 aliphatic carbocycles. The van der Waals surface area contributed by atoms with E-state index in [1.165, 1.54) is 24.8 Å². The lowest BCUT2D eigenvalue weighted by Crippen LogP contribution is -2.15. The summed E-state index contributed by atoms with van der Waals surface area (Å²) in [6.07, 6.45) is 3.93. The maximum atomic E-state index is 3.49. The highest BCUT2D eigenvalue weighted by Gasteiger charge is 2.08. The minimum absolute atomic E-state index is 0. The predicted molar refractivity (Wildman–Crippen MR) is 78.7 cm³/mol. The zero-order valence-corrected chi connectivity index (χ0v) is 12.1. The van der Waals surface area contributed by atoms with E-state index in [0.717, 1.165) is 13.1 Å². The van der Waals surface area contributed by atoms with E-state index in [2.05, 4.69) is 56.4 Å². The first-order valence-electron chi connectivity index (χ1n) is 6.32. The molecular weight excluding hydrogens is 230 g/mol. The molecule has 1 aromatic carbocycles. The van der Waals surface area contributed by atoms with Gasteiger partial charge in [0.1, 0.15) is 0 Å². The number of hydrogen-bond acceptors (Lipinski definition) is 1. The van der Waals surface area contributed by atoms with E-state index in [9.17, 15) is 0 Å². The molecule has 0 atom stereocenters. The molecule has 0 heterocycles. The van der Waals surface area contributed by atoms with E-state index >= 15 is 0 Å². The molecule has 0 amide bonds. The summed E-state index contributed by atoms with van der Waals surface area (Å²) in [6.45, 7) is 9.06. The summed E-state index contributed by atoms with van der Waals surface area (Å²) in [5, 5.41) is 3.49. The molecule has 1 aromatic rings. The standard InChI is InChI=1S/C15H25N.ClH/c1-15(2,3)11-7-8-12-16-13-14-9-5-4-6-10-14;/h4-6,9-10,16H,7-8,11-13H2,1-3H3;1H. The summed E-state index contributed by atoms with van der Waals surface area (Å²) in [7, 11) is 0. The minimum Gasteiger partial charge on any atom is -0.313 e. The molecule has 1 nitrogen and oxygen atoms in total. The highest BCUT2D eigenvalue weighted by atomic mass is 35.5. The highest BCUT2D eigenvalue weighted by Crippen LogP contribution is 2.21. The van der Waals surface area contributed by atoms with Gasteiger partial charge in [-0.15, -0.1) is 12.4 Å². The van der Waals surface area contributed by atoms with Gasteiger partial charge in [-0.2, -0.15) is 0 Å². The van der Waals surface area contributed by atoms with Crippen LogP contribution in [0.1, 0.15) is 45.6 Å². The highest BCUT2D eigenvalue weighted by molar-refractivity contribution is 5.85. The minimum atomic E-state index is 0. The van der Waals surface area contributed by atoms with Crippen molar-refractivity contribution in [3.05, 3.63) is 35.9 Å². The van der Waals surface area contributed by atoms with Gasteiger partial charge in [-0.3, -0.25) is 0 Å². The van der Waals surface area contributed by atoms with Gasteiger partial charge in [-0.25, -0.2) is 0 Å². The topological polar surface area (TPSA) is 12.0 Å². The van der Waals surface area contributed by atoms with Gasteiger partial charge in [-0.1, -0.05) is 57.5 Å². The zero-order valence-electron chi connectivity index (χ0n) is 11.3. The van der Waals surface area contributed by atoms with E-state index in [-0.39, 0.29) is 12.4 Å². The zero-order chi connectivity index (χ0) is 11.9. The van der Waals surface area contributed by atoms with Crippen LogP contribution in [0.4, 0.5) is 0 Å². The van der Waals surface area contributed by atoms with Crippen LogP contribution in [0.5, 0.6) is 0 Å². The second-order valence-corrected chi connectivity index (χ2v) is 5.68. The fraction of sp³-hybridized carbons (Fsp3) is 0.600. The van der Waals surface area contributed by atoms with Crippen molar-refractivity contribution in [2.75, 3.05) is 6.54 Å². The molecule has 0 spiro atoms. The summed E-state index contributed by atoms with van der Waals surface area (Å²) in [5.74, 6) is 0. The first-order chi connectivity index (χ1) is 7.58. The monoisotopic (exact) mass is 255 g/mol. The molecule has 1 N–H and O–H groups in total. The smallest absolute Gasteiger partial charge is 0.0205 e. The molecular formula is C15H26ClN. The molecule has 0 radical (unpaired) electrons. The summed E-state index contributed by atoms with van der Waals surface area (Å²) in [6, 6.07) is 10.6. The first kappa shape index (κ1) is 16.5. The van der Waals surface area contributed by atoms with Crippen LogP contribution in [-0.2, 0) is 6.54 Å². The van der Waals surface area contributed by atoms with Crippen LogP contribution in [0.15, 0.2) is 30.3 Å². The van der Waals surface area contributed by atoms with Crippen molar-refractivity contribution in [2.45, 2.75) is 46.6 Å². The largest absolute Gasteiger partial charge is 0.313 e. The predicted octanol–water partition coefficient (Wildman–Crippen LogP) is 4.41. The van der Waals surface area contributed by atoms with E-state index in [1.807, 2.05) is 0 Å². The van der Waals surface area contributed by atoms with Crippen molar-refractivity contribution in [1.29, 1.82) is 0 Å². The molecule has 0 unspecified atom stereocenters. The molecule has 0 aliphatic rings. The number of unbranched alkanes of at least 4 members (excludes halogenated alkanes) is 1. The fourth-order valence-electron chi connectivity index (χ4n) is 1.73. The molecule has 17 heavy (non-hydrogen) atoms. The van der Waals surface area contributed by atoms with Crippen LogP contribution in [0.25, 0.3) is 0 Å². The average Bonchev–Trinajstić information content (AvgIpc) is 2.23. The van der Waals surface area contributed by atoms with Crippen molar-refractivity contribution in [3.63, 3.8) is 0 Å². The Labute approximate surface area is 112 Å². The van der Waals surface area contributed by atoms with E-state index in [4.69, 9.17) is 0 Å². The number of nitrogens with one attached hydrogen (secondary N) is 1. The van der Waals surface area contributed by atoms with Gasteiger partial charge in [-0.05, 0) is 30.4 Å². The number of rotatable bonds is 6. The Balaban J connectivity index is 0.00000256. The molecule has 0 bridgehead atoms. The third kappa shape index (κ3) is 9.20. The maximum Gasteiger partial charge on any atom is 0.0205 e. The van der Waals surface area contributed by atoms with E-state index in [0.29, 0.717) is 5.41 Å². The Morgan fingerprint density at radius 1 is 1.00 bits per heavy atom.